The van der Waals surface area contributed by atoms with Gasteiger partial charge in [-0.05, 0) is 37.3 Å². The molecule has 0 aliphatic rings. The van der Waals surface area contributed by atoms with E-state index in [1.54, 1.807) is 0 Å². The van der Waals surface area contributed by atoms with Crippen molar-refractivity contribution in [2.75, 3.05) is 6.61 Å². The topological polar surface area (TPSA) is 69.7 Å². The molecule has 0 unspecified atom stereocenters. The van der Waals surface area contributed by atoms with Crippen molar-refractivity contribution in [2.45, 2.75) is 19.2 Å². The molecule has 10 heteroatoms. The summed E-state index contributed by atoms with van der Waals surface area (Å²) in [7, 11) is 0. The minimum Gasteiger partial charge on any atom is -0.481 e. The Hall–Kier alpha value is -2.96. The fourth-order valence-electron chi connectivity index (χ4n) is 1.84. The third-order valence-electron chi connectivity index (χ3n) is 3.18. The van der Waals surface area contributed by atoms with Crippen LogP contribution in [0.4, 0.5) is 13.2 Å². The molecule has 1 aromatic carbocycles. The number of nitrogens with zero attached hydrogens (tertiary/aromatic N) is 1. The molecule has 0 saturated heterocycles. The molecule has 1 aromatic heterocycles. The number of aromatic nitrogens is 1. The monoisotopic (exact) mass is 414 g/mol. The molecule has 1 N–H and O–H groups in total. The van der Waals surface area contributed by atoms with Gasteiger partial charge in [-0.1, -0.05) is 17.5 Å². The molecule has 6 nitrogen and oxygen atoms in total. The maximum atomic E-state index is 12.6. The molecular formula is C18H14ClF3N2O4. The van der Waals surface area contributed by atoms with Crippen LogP contribution in [-0.4, -0.2) is 23.6 Å². The van der Waals surface area contributed by atoms with E-state index in [4.69, 9.17) is 32.3 Å². The summed E-state index contributed by atoms with van der Waals surface area (Å²) in [5.74, 6) is 2.09. The van der Waals surface area contributed by atoms with Gasteiger partial charge in [0.25, 0.3) is 5.91 Å². The Morgan fingerprint density at radius 1 is 1.32 bits per heavy atom. The number of rotatable bonds is 7. The first-order valence-electron chi connectivity index (χ1n) is 7.73. The summed E-state index contributed by atoms with van der Waals surface area (Å²) in [6, 6.07) is 6.68. The molecule has 1 heterocycles. The van der Waals surface area contributed by atoms with Gasteiger partial charge in [-0.2, -0.15) is 13.2 Å². The van der Waals surface area contributed by atoms with Crippen LogP contribution in [0.5, 0.6) is 17.4 Å². The van der Waals surface area contributed by atoms with Gasteiger partial charge < -0.3 is 9.47 Å². The number of nitrogens with one attached hydrogen (secondary N) is 1. The Bertz CT molecular complexity index is 867. The van der Waals surface area contributed by atoms with Crippen LogP contribution in [-0.2, 0) is 15.8 Å². The van der Waals surface area contributed by atoms with Gasteiger partial charge in [0.05, 0.1) is 5.56 Å². The number of hydroxylamine groups is 1. The van der Waals surface area contributed by atoms with Crippen LogP contribution in [0.25, 0.3) is 0 Å². The van der Waals surface area contributed by atoms with Crippen molar-refractivity contribution in [1.82, 2.24) is 10.5 Å². The van der Waals surface area contributed by atoms with Crippen LogP contribution >= 0.6 is 11.6 Å². The average Bonchev–Trinajstić information content (AvgIpc) is 2.64. The molecule has 28 heavy (non-hydrogen) atoms. The van der Waals surface area contributed by atoms with Crippen molar-refractivity contribution in [2.24, 2.45) is 0 Å². The molecule has 2 rings (SSSR count). The number of amides is 1. The number of benzene rings is 1. The SMILES string of the molecule is C#CCONC(=O)[C@@H](C)Oc1ccc(Oc2ncc(C(F)(F)F)cc2Cl)cc1. The Kier molecular flexibility index (Phi) is 7.09. The van der Waals surface area contributed by atoms with Crippen LogP contribution in [0.1, 0.15) is 12.5 Å². The van der Waals surface area contributed by atoms with Gasteiger partial charge in [-0.25, -0.2) is 10.5 Å². The predicted molar refractivity (Wildman–Crippen MR) is 93.8 cm³/mol. The van der Waals surface area contributed by atoms with Gasteiger partial charge in [0.15, 0.2) is 6.10 Å². The lowest BCUT2D eigenvalue weighted by Crippen LogP contribution is -2.36. The zero-order chi connectivity index (χ0) is 20.7. The first kappa shape index (κ1) is 21.3. The van der Waals surface area contributed by atoms with Crippen molar-refractivity contribution in [1.29, 1.82) is 0 Å². The smallest absolute Gasteiger partial charge is 0.417 e. The maximum Gasteiger partial charge on any atom is 0.417 e. The predicted octanol–water partition coefficient (Wildman–Crippen LogP) is 3.99. The number of pyridine rings is 1. The van der Waals surface area contributed by atoms with Gasteiger partial charge in [0.2, 0.25) is 5.88 Å². The van der Waals surface area contributed by atoms with E-state index >= 15 is 0 Å². The molecule has 148 valence electrons. The summed E-state index contributed by atoms with van der Waals surface area (Å²) in [4.78, 5) is 20.0. The van der Waals surface area contributed by atoms with E-state index in [2.05, 4.69) is 16.4 Å². The fourth-order valence-corrected chi connectivity index (χ4v) is 2.05. The molecule has 0 aliphatic carbocycles. The summed E-state index contributed by atoms with van der Waals surface area (Å²) in [6.07, 6.45) is 0.196. The molecule has 1 atom stereocenters. The van der Waals surface area contributed by atoms with Crippen LogP contribution in [0.2, 0.25) is 5.02 Å². The van der Waals surface area contributed by atoms with Crippen molar-refractivity contribution < 1.29 is 32.3 Å². The van der Waals surface area contributed by atoms with Crippen molar-refractivity contribution in [3.63, 3.8) is 0 Å². The van der Waals surface area contributed by atoms with Gasteiger partial charge >= 0.3 is 6.18 Å². The molecule has 0 spiro atoms. The number of carbonyl (C=O) groups excluding carboxylic acids is 1. The lowest BCUT2D eigenvalue weighted by molar-refractivity contribution is -0.139. The number of ether oxygens (including phenoxy) is 2. The summed E-state index contributed by atoms with van der Waals surface area (Å²) in [6.45, 7) is 1.43. The largest absolute Gasteiger partial charge is 0.481 e. The zero-order valence-corrected chi connectivity index (χ0v) is 15.2. The van der Waals surface area contributed by atoms with Crippen LogP contribution in [0.3, 0.4) is 0 Å². The Morgan fingerprint density at radius 3 is 2.54 bits per heavy atom. The summed E-state index contributed by atoms with van der Waals surface area (Å²) in [5.41, 5.74) is 1.16. The van der Waals surface area contributed by atoms with Gasteiger partial charge in [0.1, 0.15) is 23.1 Å². The Balaban J connectivity index is 1.98. The molecule has 0 radical (unpaired) electrons. The van der Waals surface area contributed by atoms with Gasteiger partial charge in [0, 0.05) is 6.20 Å². The Labute approximate surface area is 163 Å². The highest BCUT2D eigenvalue weighted by Gasteiger charge is 2.31. The lowest BCUT2D eigenvalue weighted by Gasteiger charge is -2.14. The minimum absolute atomic E-state index is 0.0783. The minimum atomic E-state index is -4.55. The standard InChI is InChI=1S/C18H14ClF3N2O4/c1-3-8-26-24-16(25)11(2)27-13-4-6-14(7-5-13)28-17-15(19)9-12(10-23-17)18(20,21)22/h1,4-7,9-11H,8H2,2H3,(H,24,25)/t11-/m1/s1. The summed E-state index contributed by atoms with van der Waals surface area (Å²) in [5, 5.41) is -0.285. The maximum absolute atomic E-state index is 12.6. The van der Waals surface area contributed by atoms with E-state index in [0.29, 0.717) is 11.9 Å². The second-order valence-corrected chi connectivity index (χ2v) is 5.71. The highest BCUT2D eigenvalue weighted by Crippen LogP contribution is 2.34. The van der Waals surface area contributed by atoms with E-state index in [1.807, 2.05) is 0 Å². The van der Waals surface area contributed by atoms with Crippen LogP contribution in [0.15, 0.2) is 36.5 Å². The first-order chi connectivity index (χ1) is 13.2. The molecule has 0 bridgehead atoms. The van der Waals surface area contributed by atoms with Crippen molar-refractivity contribution >= 4 is 17.5 Å². The quantitative estimate of drug-likeness (QED) is 0.421. The lowest BCUT2D eigenvalue weighted by atomic mass is 10.3. The van der Waals surface area contributed by atoms with E-state index in [0.717, 1.165) is 6.07 Å². The molecule has 2 aromatic rings. The number of hydrogen-bond acceptors (Lipinski definition) is 5. The van der Waals surface area contributed by atoms with Crippen LogP contribution in [0, 0.1) is 12.3 Å². The number of carbonyl (C=O) groups is 1. The molecule has 0 fully saturated rings. The van der Waals surface area contributed by atoms with E-state index in [1.165, 1.54) is 31.2 Å². The number of terminal acetylenes is 1. The normalized spacial score (nSPS) is 12.0. The molecule has 0 aliphatic heterocycles. The number of alkyl halides is 3. The highest BCUT2D eigenvalue weighted by atomic mass is 35.5. The van der Waals surface area contributed by atoms with Gasteiger partial charge in [-0.3, -0.25) is 9.63 Å². The summed E-state index contributed by atoms with van der Waals surface area (Å²) >= 11 is 5.79. The van der Waals surface area contributed by atoms with E-state index < -0.39 is 23.8 Å². The van der Waals surface area contributed by atoms with Crippen LogP contribution < -0.4 is 15.0 Å². The third-order valence-corrected chi connectivity index (χ3v) is 3.45. The molecule has 1 amide bonds. The molecule has 0 saturated carbocycles. The second kappa shape index (κ2) is 9.30. The average molecular weight is 415 g/mol. The first-order valence-corrected chi connectivity index (χ1v) is 8.11. The fraction of sp³-hybridized carbons (Fsp3) is 0.222. The van der Waals surface area contributed by atoms with E-state index in [-0.39, 0.29) is 23.3 Å². The zero-order valence-electron chi connectivity index (χ0n) is 14.4. The number of halogens is 4. The Morgan fingerprint density at radius 2 is 1.96 bits per heavy atom. The third kappa shape index (κ3) is 6.04. The van der Waals surface area contributed by atoms with Crippen molar-refractivity contribution in [3.05, 3.63) is 47.1 Å². The second-order valence-electron chi connectivity index (χ2n) is 5.30. The van der Waals surface area contributed by atoms with Gasteiger partial charge in [-0.15, -0.1) is 6.42 Å². The van der Waals surface area contributed by atoms with Crippen molar-refractivity contribution in [3.8, 4) is 29.7 Å². The molecular weight excluding hydrogens is 401 g/mol. The van der Waals surface area contributed by atoms with E-state index in [9.17, 15) is 18.0 Å². The highest BCUT2D eigenvalue weighted by molar-refractivity contribution is 6.31. The number of hydrogen-bond donors (Lipinski definition) is 1. The summed E-state index contributed by atoms with van der Waals surface area (Å²) < 4.78 is 48.6.